The molecule has 150 valence electrons. The third-order valence-corrected chi connectivity index (χ3v) is 4.78. The molecule has 0 saturated heterocycles. The van der Waals surface area contributed by atoms with Crippen molar-refractivity contribution >= 4 is 28.5 Å². The topological polar surface area (TPSA) is 86.9 Å². The number of aromatic amines is 1. The lowest BCUT2D eigenvalue weighted by Gasteiger charge is -2.10. The van der Waals surface area contributed by atoms with Gasteiger partial charge in [-0.1, -0.05) is 18.2 Å². The van der Waals surface area contributed by atoms with Gasteiger partial charge in [-0.05, 0) is 36.8 Å². The summed E-state index contributed by atoms with van der Waals surface area (Å²) in [5.41, 5.74) is 0.889. The van der Waals surface area contributed by atoms with Gasteiger partial charge in [0.25, 0.3) is 0 Å². The largest absolute Gasteiger partial charge is 0.416 e. The number of H-pyrrole nitrogens is 1. The number of hydrogen-bond acceptors (Lipinski definition) is 3. The SMILES string of the molecule is O=C(CNC(=O)[C@H]1C[C@@H]1c1nc2ccccc2[nH]1)Nc1cccc(C(F)(F)F)c1. The quantitative estimate of drug-likeness (QED) is 0.611. The fourth-order valence-electron chi connectivity index (χ4n) is 3.21. The molecule has 1 aliphatic rings. The van der Waals surface area contributed by atoms with Crippen molar-refractivity contribution in [3.05, 3.63) is 59.9 Å². The number of fused-ring (bicyclic) bond motifs is 1. The summed E-state index contributed by atoms with van der Waals surface area (Å²) in [6.07, 6.45) is -3.87. The van der Waals surface area contributed by atoms with Gasteiger partial charge in [0.2, 0.25) is 11.8 Å². The van der Waals surface area contributed by atoms with Gasteiger partial charge in [-0.3, -0.25) is 9.59 Å². The van der Waals surface area contributed by atoms with E-state index in [2.05, 4.69) is 20.6 Å². The van der Waals surface area contributed by atoms with Gasteiger partial charge < -0.3 is 15.6 Å². The maximum atomic E-state index is 12.7. The fraction of sp³-hybridized carbons (Fsp3) is 0.250. The summed E-state index contributed by atoms with van der Waals surface area (Å²) in [7, 11) is 0. The van der Waals surface area contributed by atoms with E-state index in [4.69, 9.17) is 0 Å². The van der Waals surface area contributed by atoms with Crippen LogP contribution in [0.3, 0.4) is 0 Å². The van der Waals surface area contributed by atoms with Gasteiger partial charge >= 0.3 is 6.18 Å². The Morgan fingerprint density at radius 3 is 2.69 bits per heavy atom. The molecule has 1 aromatic heterocycles. The third-order valence-electron chi connectivity index (χ3n) is 4.78. The van der Waals surface area contributed by atoms with E-state index in [1.54, 1.807) is 0 Å². The van der Waals surface area contributed by atoms with Crippen LogP contribution in [0.1, 0.15) is 23.7 Å². The predicted octanol–water partition coefficient (Wildman–Crippen LogP) is 3.44. The van der Waals surface area contributed by atoms with Crippen LogP contribution in [-0.4, -0.2) is 28.3 Å². The number of imidazole rings is 1. The number of rotatable bonds is 5. The molecule has 1 aliphatic carbocycles. The molecule has 1 fully saturated rings. The van der Waals surface area contributed by atoms with Crippen LogP contribution in [0, 0.1) is 5.92 Å². The summed E-state index contributed by atoms with van der Waals surface area (Å²) >= 11 is 0. The minimum atomic E-state index is -4.49. The number of halogens is 3. The van der Waals surface area contributed by atoms with E-state index in [-0.39, 0.29) is 30.0 Å². The Kier molecular flexibility index (Phi) is 4.73. The highest BCUT2D eigenvalue weighted by molar-refractivity contribution is 5.95. The standard InChI is InChI=1S/C20H17F3N4O2/c21-20(22,23)11-4-3-5-12(8-11)25-17(28)10-24-19(29)14-9-13(14)18-26-15-6-1-2-7-16(15)27-18/h1-8,13-14H,9-10H2,(H,24,29)(H,25,28)(H,26,27)/t13-,14-/m0/s1. The van der Waals surface area contributed by atoms with E-state index in [1.807, 2.05) is 24.3 Å². The second-order valence-electron chi connectivity index (χ2n) is 6.93. The molecule has 2 amide bonds. The third kappa shape index (κ3) is 4.23. The smallest absolute Gasteiger partial charge is 0.347 e. The molecule has 6 nitrogen and oxygen atoms in total. The molecule has 0 spiro atoms. The average Bonchev–Trinajstić information content (AvgIpc) is 3.37. The number of carbonyl (C=O) groups is 2. The van der Waals surface area contributed by atoms with Crippen molar-refractivity contribution in [2.75, 3.05) is 11.9 Å². The maximum Gasteiger partial charge on any atom is 0.416 e. The number of nitrogens with one attached hydrogen (secondary N) is 3. The Morgan fingerprint density at radius 1 is 1.14 bits per heavy atom. The van der Waals surface area contributed by atoms with Crippen molar-refractivity contribution in [1.29, 1.82) is 0 Å². The van der Waals surface area contributed by atoms with E-state index < -0.39 is 17.6 Å². The lowest BCUT2D eigenvalue weighted by atomic mass is 10.2. The van der Waals surface area contributed by atoms with Gasteiger partial charge in [0.1, 0.15) is 5.82 Å². The zero-order valence-electron chi connectivity index (χ0n) is 15.1. The molecule has 1 saturated carbocycles. The molecule has 0 bridgehead atoms. The lowest BCUT2D eigenvalue weighted by Crippen LogP contribution is -2.34. The molecule has 9 heteroatoms. The Morgan fingerprint density at radius 2 is 1.93 bits per heavy atom. The van der Waals surface area contributed by atoms with Crippen LogP contribution in [0.4, 0.5) is 18.9 Å². The summed E-state index contributed by atoms with van der Waals surface area (Å²) < 4.78 is 38.2. The van der Waals surface area contributed by atoms with Crippen LogP contribution >= 0.6 is 0 Å². The second kappa shape index (κ2) is 7.23. The minimum absolute atomic E-state index is 0.0191. The normalized spacial score (nSPS) is 18.4. The first-order chi connectivity index (χ1) is 13.8. The van der Waals surface area contributed by atoms with Gasteiger partial charge in [0, 0.05) is 17.5 Å². The molecule has 0 unspecified atom stereocenters. The lowest BCUT2D eigenvalue weighted by molar-refractivity contribution is -0.137. The number of carbonyl (C=O) groups excluding carboxylic acids is 2. The molecular weight excluding hydrogens is 385 g/mol. The van der Waals surface area contributed by atoms with Crippen LogP contribution in [-0.2, 0) is 15.8 Å². The highest BCUT2D eigenvalue weighted by atomic mass is 19.4. The first kappa shape index (κ1) is 19.0. The zero-order valence-corrected chi connectivity index (χ0v) is 15.1. The van der Waals surface area contributed by atoms with Gasteiger partial charge in [-0.25, -0.2) is 4.98 Å². The van der Waals surface area contributed by atoms with Crippen molar-refractivity contribution in [3.63, 3.8) is 0 Å². The Labute approximate surface area is 163 Å². The van der Waals surface area contributed by atoms with E-state index in [0.29, 0.717) is 6.42 Å². The van der Waals surface area contributed by atoms with Crippen LogP contribution in [0.2, 0.25) is 0 Å². The van der Waals surface area contributed by atoms with Gasteiger partial charge in [-0.2, -0.15) is 13.2 Å². The summed E-state index contributed by atoms with van der Waals surface area (Å²) in [5.74, 6) is -0.459. The first-order valence-electron chi connectivity index (χ1n) is 9.01. The van der Waals surface area contributed by atoms with Gasteiger partial charge in [0.05, 0.1) is 23.1 Å². The number of nitrogens with zero attached hydrogens (tertiary/aromatic N) is 1. The van der Waals surface area contributed by atoms with Gasteiger partial charge in [0.15, 0.2) is 0 Å². The molecule has 2 aromatic carbocycles. The zero-order chi connectivity index (χ0) is 20.6. The number of para-hydroxylation sites is 2. The molecule has 29 heavy (non-hydrogen) atoms. The Hall–Kier alpha value is -3.36. The van der Waals surface area contributed by atoms with E-state index in [9.17, 15) is 22.8 Å². The van der Waals surface area contributed by atoms with Crippen molar-refractivity contribution in [2.45, 2.75) is 18.5 Å². The highest BCUT2D eigenvalue weighted by Gasteiger charge is 2.46. The van der Waals surface area contributed by atoms with Crippen molar-refractivity contribution < 1.29 is 22.8 Å². The molecule has 3 aromatic rings. The molecule has 0 radical (unpaired) electrons. The number of anilines is 1. The fourth-order valence-corrected chi connectivity index (χ4v) is 3.21. The van der Waals surface area contributed by atoms with Crippen LogP contribution < -0.4 is 10.6 Å². The number of aromatic nitrogens is 2. The number of alkyl halides is 3. The van der Waals surface area contributed by atoms with Crippen LogP contribution in [0.25, 0.3) is 11.0 Å². The van der Waals surface area contributed by atoms with E-state index >= 15 is 0 Å². The molecule has 0 aliphatic heterocycles. The van der Waals surface area contributed by atoms with Crippen molar-refractivity contribution in [2.24, 2.45) is 5.92 Å². The van der Waals surface area contributed by atoms with Crippen molar-refractivity contribution in [3.8, 4) is 0 Å². The number of benzene rings is 2. The molecule has 3 N–H and O–H groups in total. The second-order valence-corrected chi connectivity index (χ2v) is 6.93. The summed E-state index contributed by atoms with van der Waals surface area (Å²) in [6.45, 7) is -0.321. The number of amides is 2. The van der Waals surface area contributed by atoms with E-state index in [0.717, 1.165) is 29.0 Å². The number of hydrogen-bond donors (Lipinski definition) is 3. The Bertz CT molecular complexity index is 1040. The van der Waals surface area contributed by atoms with Crippen LogP contribution in [0.15, 0.2) is 48.5 Å². The van der Waals surface area contributed by atoms with E-state index in [1.165, 1.54) is 12.1 Å². The summed E-state index contributed by atoms with van der Waals surface area (Å²) in [6, 6.07) is 11.9. The minimum Gasteiger partial charge on any atom is -0.347 e. The van der Waals surface area contributed by atoms with Crippen molar-refractivity contribution in [1.82, 2.24) is 15.3 Å². The monoisotopic (exact) mass is 402 g/mol. The molecule has 2 atom stereocenters. The average molecular weight is 402 g/mol. The predicted molar refractivity (Wildman–Crippen MR) is 100 cm³/mol. The highest BCUT2D eigenvalue weighted by Crippen LogP contribution is 2.46. The Balaban J connectivity index is 1.29. The maximum absolute atomic E-state index is 12.7. The van der Waals surface area contributed by atoms with Crippen LogP contribution in [0.5, 0.6) is 0 Å². The summed E-state index contributed by atoms with van der Waals surface area (Å²) in [4.78, 5) is 31.9. The molecular formula is C20H17F3N4O2. The van der Waals surface area contributed by atoms with Gasteiger partial charge in [-0.15, -0.1) is 0 Å². The summed E-state index contributed by atoms with van der Waals surface area (Å²) in [5, 5.41) is 4.89. The molecule has 1 heterocycles. The first-order valence-corrected chi connectivity index (χ1v) is 9.01. The molecule has 4 rings (SSSR count).